The number of hydrogen-bond acceptors (Lipinski definition) is 8. The molecule has 2 aromatic rings. The van der Waals surface area contributed by atoms with Gasteiger partial charge in [0.05, 0.1) is 29.1 Å². The zero-order valence-corrected chi connectivity index (χ0v) is 36.7. The Balaban J connectivity index is 0.000000381. The molecule has 2 aromatic carbocycles. The number of hydrogen-bond donors (Lipinski definition) is 2. The summed E-state index contributed by atoms with van der Waals surface area (Å²) in [7, 11) is 0. The van der Waals surface area contributed by atoms with Crippen LogP contribution in [0.4, 0.5) is 26.7 Å². The number of ether oxygens (including phenoxy) is 2. The van der Waals surface area contributed by atoms with Gasteiger partial charge in [0.15, 0.2) is 0 Å². The highest BCUT2D eigenvalue weighted by Gasteiger charge is 2.37. The van der Waals surface area contributed by atoms with E-state index >= 15 is 0 Å². The minimum atomic E-state index is -0.493. The largest absolute Gasteiger partial charge is 0.444 e. The fourth-order valence-electron chi connectivity index (χ4n) is 5.07. The quantitative estimate of drug-likeness (QED) is 0.174. The Kier molecular flexibility index (Phi) is 19.1. The normalized spacial score (nSPS) is 17.9. The predicted molar refractivity (Wildman–Crippen MR) is 224 cm³/mol. The number of likely N-dealkylation sites (tertiary alicyclic amines) is 2. The molecule has 4 N–H and O–H groups in total. The molecular formula is C33H47Br2I2N5O5S. The van der Waals surface area contributed by atoms with E-state index in [1.807, 2.05) is 64.6 Å². The van der Waals surface area contributed by atoms with Gasteiger partial charge in [0.1, 0.15) is 17.5 Å². The molecule has 48 heavy (non-hydrogen) atoms. The first-order valence-electron chi connectivity index (χ1n) is 15.2. The first-order chi connectivity index (χ1) is 22.0. The van der Waals surface area contributed by atoms with E-state index in [1.165, 1.54) is 10.5 Å². The van der Waals surface area contributed by atoms with Crippen molar-refractivity contribution in [3.8, 4) is 0 Å². The van der Waals surface area contributed by atoms with Crippen LogP contribution >= 0.6 is 82.6 Å². The molecule has 0 radical (unpaired) electrons. The molecule has 5 rings (SSSR count). The Morgan fingerprint density at radius 3 is 1.92 bits per heavy atom. The topological polar surface area (TPSA) is 141 Å². The molecule has 268 valence electrons. The summed E-state index contributed by atoms with van der Waals surface area (Å²) in [6.07, 6.45) is 4.62. The lowest BCUT2D eigenvalue weighted by Crippen LogP contribution is -2.43. The van der Waals surface area contributed by atoms with E-state index in [0.717, 1.165) is 65.3 Å². The highest BCUT2D eigenvalue weighted by atomic mass is 128. The second-order valence-corrected chi connectivity index (χ2v) is 15.0. The Labute approximate surface area is 331 Å². The Bertz CT molecular complexity index is 1420. The number of rotatable bonds is 2. The number of aliphatic imine (C=N–C) groups is 1. The van der Waals surface area contributed by atoms with E-state index in [4.69, 9.17) is 25.9 Å². The van der Waals surface area contributed by atoms with Gasteiger partial charge in [-0.1, -0.05) is 31.9 Å². The summed E-state index contributed by atoms with van der Waals surface area (Å²) in [6, 6.07) is 11.3. The number of amides is 2. The molecule has 0 spiro atoms. The van der Waals surface area contributed by atoms with Crippen LogP contribution in [0.25, 0.3) is 0 Å². The Morgan fingerprint density at radius 1 is 0.854 bits per heavy atom. The third-order valence-corrected chi connectivity index (χ3v) is 8.06. The molecule has 10 nitrogen and oxygen atoms in total. The number of carbonyl (C=O) groups is 3. The van der Waals surface area contributed by atoms with Gasteiger partial charge in [0.25, 0.3) is 0 Å². The summed E-state index contributed by atoms with van der Waals surface area (Å²) >= 11 is 11.0. The van der Waals surface area contributed by atoms with E-state index in [9.17, 15) is 14.4 Å². The number of nitrogens with zero attached hydrogens (tertiary/aromatic N) is 3. The number of nitrogen functional groups attached to an aromatic ring is 2. The SMILES string of the molecule is CC(C)(C)OC(=O)N1CCC[C@H]1C1=Nc2ccc(Br)cc2C1.CC(C)(C)OC(=O)N1CCC[C@H]1C=O.II.Nc1ccc(Br)cc1N.S. The fourth-order valence-corrected chi connectivity index (χ4v) is 5.85. The summed E-state index contributed by atoms with van der Waals surface area (Å²) in [4.78, 5) is 42.7. The molecule has 3 aliphatic rings. The molecule has 0 bridgehead atoms. The minimum absolute atomic E-state index is 0. The van der Waals surface area contributed by atoms with Gasteiger partial charge in [-0.05, 0) is 109 Å². The number of carbonyl (C=O) groups excluding carboxylic acids is 3. The van der Waals surface area contributed by atoms with Crippen LogP contribution in [0.5, 0.6) is 0 Å². The van der Waals surface area contributed by atoms with Crippen molar-refractivity contribution >= 4 is 124 Å². The maximum atomic E-state index is 12.4. The number of aldehydes is 1. The van der Waals surface area contributed by atoms with Gasteiger partial charge in [-0.25, -0.2) is 9.59 Å². The molecule has 0 aromatic heterocycles. The average Bonchev–Trinajstić information content (AvgIpc) is 3.74. The summed E-state index contributed by atoms with van der Waals surface area (Å²) in [5.74, 6) is 0. The number of halogens is 4. The molecule has 2 saturated heterocycles. The predicted octanol–water partition coefficient (Wildman–Crippen LogP) is 9.56. The van der Waals surface area contributed by atoms with E-state index < -0.39 is 11.2 Å². The van der Waals surface area contributed by atoms with Crippen molar-refractivity contribution < 1.29 is 23.9 Å². The first-order valence-corrected chi connectivity index (χ1v) is 23.1. The van der Waals surface area contributed by atoms with Crippen molar-refractivity contribution in [1.29, 1.82) is 0 Å². The van der Waals surface area contributed by atoms with Crippen molar-refractivity contribution in [3.05, 3.63) is 50.9 Å². The number of fused-ring (bicyclic) bond motifs is 1. The van der Waals surface area contributed by atoms with Gasteiger partial charge < -0.3 is 25.7 Å². The van der Waals surface area contributed by atoms with Crippen molar-refractivity contribution in [1.82, 2.24) is 9.80 Å². The van der Waals surface area contributed by atoms with Gasteiger partial charge in [-0.2, -0.15) is 13.5 Å². The van der Waals surface area contributed by atoms with E-state index in [2.05, 4.69) is 75.2 Å². The highest BCUT2D eigenvalue weighted by molar-refractivity contribution is 15.0. The standard InChI is InChI=1S/C17H21BrN2O2.C10H17NO3.C6H7BrN2.I2.H2S/c1-17(2,3)22-16(21)20-8-4-5-15(20)14-10-11-9-12(18)6-7-13(11)19-14;1-10(2,3)14-9(13)11-6-4-5-8(11)7-12;7-4-1-2-5(8)6(9)3-4;1-2;/h6-7,9,15H,4-5,8,10H2,1-3H3;7-8H,4-6H2,1-3H3;1-3H,8-9H2;;1H2/t15-;8-;;;/m00.../s1. The smallest absolute Gasteiger partial charge is 0.410 e. The van der Waals surface area contributed by atoms with E-state index in [0.29, 0.717) is 17.9 Å². The summed E-state index contributed by atoms with van der Waals surface area (Å²) < 4.78 is 12.7. The maximum Gasteiger partial charge on any atom is 0.410 e. The van der Waals surface area contributed by atoms with Crippen LogP contribution in [0.15, 0.2) is 50.3 Å². The summed E-state index contributed by atoms with van der Waals surface area (Å²) in [6.45, 7) is 12.5. The second kappa shape index (κ2) is 20.5. The third kappa shape index (κ3) is 14.5. The van der Waals surface area contributed by atoms with Crippen LogP contribution in [0.2, 0.25) is 0 Å². The molecule has 2 amide bonds. The van der Waals surface area contributed by atoms with Gasteiger partial charge >= 0.3 is 12.2 Å². The second-order valence-electron chi connectivity index (χ2n) is 13.2. The summed E-state index contributed by atoms with van der Waals surface area (Å²) in [5.41, 5.74) is 14.5. The molecule has 0 saturated carbocycles. The van der Waals surface area contributed by atoms with E-state index in [-0.39, 0.29) is 37.8 Å². The zero-order chi connectivity index (χ0) is 35.5. The number of nitrogens with two attached hydrogens (primary N) is 2. The maximum absolute atomic E-state index is 12.4. The summed E-state index contributed by atoms with van der Waals surface area (Å²) in [5, 5.41) is 0. The van der Waals surface area contributed by atoms with Gasteiger partial charge in [0.2, 0.25) is 0 Å². The number of anilines is 2. The molecule has 2 fully saturated rings. The molecule has 15 heteroatoms. The molecular weight excluding hydrogens is 992 g/mol. The van der Waals surface area contributed by atoms with E-state index in [1.54, 1.807) is 12.1 Å². The van der Waals surface area contributed by atoms with Crippen LogP contribution in [0.1, 0.15) is 72.8 Å². The van der Waals surface area contributed by atoms with Crippen molar-refractivity contribution in [2.45, 2.75) is 96.9 Å². The van der Waals surface area contributed by atoms with Crippen molar-refractivity contribution in [2.24, 2.45) is 4.99 Å². The van der Waals surface area contributed by atoms with Gasteiger partial charge in [0, 0.05) is 71.4 Å². The number of benzene rings is 2. The Hall–Kier alpha value is -1.31. The highest BCUT2D eigenvalue weighted by Crippen LogP contribution is 2.33. The zero-order valence-electron chi connectivity index (χ0n) is 28.2. The molecule has 2 atom stereocenters. The lowest BCUT2D eigenvalue weighted by atomic mass is 10.0. The lowest BCUT2D eigenvalue weighted by Gasteiger charge is -2.28. The van der Waals surface area contributed by atoms with Crippen LogP contribution < -0.4 is 11.5 Å². The van der Waals surface area contributed by atoms with Crippen molar-refractivity contribution in [2.75, 3.05) is 24.6 Å². The third-order valence-electron chi connectivity index (χ3n) is 7.08. The van der Waals surface area contributed by atoms with Crippen LogP contribution in [-0.4, -0.2) is 70.4 Å². The van der Waals surface area contributed by atoms with Crippen molar-refractivity contribution in [3.63, 3.8) is 0 Å². The average molecular weight is 1040 g/mol. The van der Waals surface area contributed by atoms with Crippen LogP contribution in [-0.2, 0) is 20.7 Å². The lowest BCUT2D eigenvalue weighted by molar-refractivity contribution is -0.111. The van der Waals surface area contributed by atoms with Gasteiger partial charge in [-0.3, -0.25) is 14.8 Å². The molecule has 3 heterocycles. The fraction of sp³-hybridized carbons (Fsp3) is 0.515. The van der Waals surface area contributed by atoms with Crippen LogP contribution in [0, 0.1) is 0 Å². The van der Waals surface area contributed by atoms with Crippen LogP contribution in [0.3, 0.4) is 0 Å². The molecule has 0 unspecified atom stereocenters. The monoisotopic (exact) mass is 1040 g/mol. The molecule has 3 aliphatic heterocycles. The van der Waals surface area contributed by atoms with Gasteiger partial charge in [-0.15, -0.1) is 0 Å². The minimum Gasteiger partial charge on any atom is -0.444 e. The molecule has 0 aliphatic carbocycles. The Morgan fingerprint density at radius 2 is 1.38 bits per heavy atom. The first kappa shape index (κ1) is 44.7.